The quantitative estimate of drug-likeness (QED) is 0.115. The summed E-state index contributed by atoms with van der Waals surface area (Å²) >= 11 is 0. The molecule has 0 N–H and O–H groups in total. The molecule has 6 rings (SSSR count). The fourth-order valence-corrected chi connectivity index (χ4v) is 5.96. The van der Waals surface area contributed by atoms with Crippen LogP contribution < -0.4 is 9.47 Å². The van der Waals surface area contributed by atoms with Gasteiger partial charge in [-0.3, -0.25) is 9.59 Å². The molecule has 0 aliphatic heterocycles. The smallest absolute Gasteiger partial charge is 0.343 e. The van der Waals surface area contributed by atoms with Gasteiger partial charge in [0, 0.05) is 11.1 Å². The van der Waals surface area contributed by atoms with Crippen molar-refractivity contribution in [3.05, 3.63) is 154 Å². The van der Waals surface area contributed by atoms with Crippen LogP contribution >= 0.6 is 0 Å². The second kappa shape index (κ2) is 10.6. The highest BCUT2D eigenvalue weighted by Crippen LogP contribution is 2.56. The fourth-order valence-electron chi connectivity index (χ4n) is 5.96. The maximum Gasteiger partial charge on any atom is 0.343 e. The number of hydrogen-bond donors (Lipinski definition) is 0. The van der Waals surface area contributed by atoms with Crippen molar-refractivity contribution in [3.63, 3.8) is 0 Å². The number of ether oxygens (including phenoxy) is 2. The molecule has 5 heteroatoms. The first-order valence-electron chi connectivity index (χ1n) is 13.7. The van der Waals surface area contributed by atoms with Gasteiger partial charge in [0.05, 0.1) is 18.1 Å². The normalized spacial score (nSPS) is 12.6. The minimum atomic E-state index is -0.644. The zero-order chi connectivity index (χ0) is 29.4. The van der Waals surface area contributed by atoms with E-state index in [1.807, 2.05) is 24.3 Å². The van der Waals surface area contributed by atoms with Gasteiger partial charge in [0.2, 0.25) is 0 Å². The monoisotopic (exact) mass is 552 g/mol. The van der Waals surface area contributed by atoms with Crippen LogP contribution in [0.2, 0.25) is 0 Å². The lowest BCUT2D eigenvalue weighted by Crippen LogP contribution is -2.28. The third kappa shape index (κ3) is 4.40. The lowest BCUT2D eigenvalue weighted by molar-refractivity contribution is 0.0734. The van der Waals surface area contributed by atoms with Crippen molar-refractivity contribution in [2.75, 3.05) is 7.11 Å². The van der Waals surface area contributed by atoms with Gasteiger partial charge in [0.15, 0.2) is 11.6 Å². The third-order valence-electron chi connectivity index (χ3n) is 7.95. The topological polar surface area (TPSA) is 69.7 Å². The van der Waals surface area contributed by atoms with E-state index < -0.39 is 11.4 Å². The fraction of sp³-hybridized carbons (Fsp3) is 0.108. The average Bonchev–Trinajstić information content (AvgIpc) is 3.32. The molecule has 0 atom stereocenters. The van der Waals surface area contributed by atoms with Gasteiger partial charge in [0.1, 0.15) is 11.5 Å². The highest BCUT2D eigenvalue weighted by atomic mass is 16.5. The molecular weight excluding hydrogens is 524 g/mol. The van der Waals surface area contributed by atoms with Crippen molar-refractivity contribution in [1.29, 1.82) is 0 Å². The van der Waals surface area contributed by atoms with Gasteiger partial charge in [-0.25, -0.2) is 4.79 Å². The molecule has 0 saturated heterocycles. The van der Waals surface area contributed by atoms with E-state index in [2.05, 4.69) is 60.7 Å². The van der Waals surface area contributed by atoms with Crippen LogP contribution in [0.3, 0.4) is 0 Å². The zero-order valence-corrected chi connectivity index (χ0v) is 23.5. The Bertz CT molecular complexity index is 1770. The molecule has 5 nitrogen and oxygen atoms in total. The summed E-state index contributed by atoms with van der Waals surface area (Å²) in [5, 5.41) is 0. The number of rotatable bonds is 7. The molecule has 42 heavy (non-hydrogen) atoms. The van der Waals surface area contributed by atoms with Crippen LogP contribution in [0.1, 0.15) is 67.2 Å². The maximum atomic E-state index is 13.1. The van der Waals surface area contributed by atoms with Crippen molar-refractivity contribution in [1.82, 2.24) is 0 Å². The summed E-state index contributed by atoms with van der Waals surface area (Å²) in [6.45, 7) is 2.79. The SMILES string of the molecule is COc1ccc(C2(c3ccc(OC(=O)c4cc(C(C)=O)cc(C(C)=O)c4)cc3)c3ccccc3-c3ccccc32)cc1. The van der Waals surface area contributed by atoms with Crippen LogP contribution in [-0.4, -0.2) is 24.6 Å². The van der Waals surface area contributed by atoms with E-state index in [9.17, 15) is 14.4 Å². The zero-order valence-electron chi connectivity index (χ0n) is 23.5. The molecule has 0 heterocycles. The van der Waals surface area contributed by atoms with E-state index in [1.54, 1.807) is 19.2 Å². The Morgan fingerprint density at radius 1 is 0.548 bits per heavy atom. The Hall–Kier alpha value is -5.29. The summed E-state index contributed by atoms with van der Waals surface area (Å²) in [4.78, 5) is 37.1. The molecule has 0 saturated carbocycles. The molecule has 0 radical (unpaired) electrons. The number of hydrogen-bond acceptors (Lipinski definition) is 5. The van der Waals surface area contributed by atoms with Gasteiger partial charge in [-0.1, -0.05) is 72.8 Å². The van der Waals surface area contributed by atoms with E-state index >= 15 is 0 Å². The molecule has 0 fully saturated rings. The molecular formula is C37H28O5. The summed E-state index contributed by atoms with van der Waals surface area (Å²) in [6.07, 6.45) is 0. The first-order chi connectivity index (χ1) is 20.3. The molecule has 0 aromatic heterocycles. The van der Waals surface area contributed by atoms with E-state index in [0.29, 0.717) is 5.75 Å². The molecule has 5 aromatic carbocycles. The van der Waals surface area contributed by atoms with Gasteiger partial charge >= 0.3 is 5.97 Å². The molecule has 1 aliphatic carbocycles. The molecule has 0 amide bonds. The molecule has 206 valence electrons. The number of fused-ring (bicyclic) bond motifs is 3. The van der Waals surface area contributed by atoms with E-state index in [1.165, 1.54) is 54.3 Å². The number of methoxy groups -OCH3 is 1. The lowest BCUT2D eigenvalue weighted by Gasteiger charge is -2.34. The molecule has 5 aromatic rings. The van der Waals surface area contributed by atoms with Gasteiger partial charge in [-0.05, 0) is 89.7 Å². The van der Waals surface area contributed by atoms with E-state index in [0.717, 1.165) is 16.9 Å². The minimum absolute atomic E-state index is 0.144. The first-order valence-corrected chi connectivity index (χ1v) is 13.7. The number of carbonyl (C=O) groups is 3. The number of esters is 1. The Morgan fingerprint density at radius 2 is 0.976 bits per heavy atom. The van der Waals surface area contributed by atoms with Crippen molar-refractivity contribution in [2.45, 2.75) is 19.3 Å². The predicted octanol–water partition coefficient (Wildman–Crippen LogP) is 7.68. The maximum absolute atomic E-state index is 13.1. The van der Waals surface area contributed by atoms with E-state index in [-0.39, 0.29) is 28.3 Å². The second-order valence-corrected chi connectivity index (χ2v) is 10.4. The van der Waals surface area contributed by atoms with Crippen molar-refractivity contribution in [2.24, 2.45) is 0 Å². The van der Waals surface area contributed by atoms with Gasteiger partial charge < -0.3 is 9.47 Å². The highest BCUT2D eigenvalue weighted by Gasteiger charge is 2.45. The summed E-state index contributed by atoms with van der Waals surface area (Å²) in [6, 6.07) is 36.9. The van der Waals surface area contributed by atoms with Crippen molar-refractivity contribution < 1.29 is 23.9 Å². The first kappa shape index (κ1) is 26.9. The summed E-state index contributed by atoms with van der Waals surface area (Å²) < 4.78 is 11.2. The number of benzene rings is 5. The summed E-state index contributed by atoms with van der Waals surface area (Å²) in [5.41, 5.74) is 6.88. The minimum Gasteiger partial charge on any atom is -0.497 e. The lowest BCUT2D eigenvalue weighted by atomic mass is 9.68. The molecule has 0 bridgehead atoms. The van der Waals surface area contributed by atoms with Gasteiger partial charge in [-0.2, -0.15) is 0 Å². The Labute approximate surface area is 244 Å². The van der Waals surface area contributed by atoms with Crippen LogP contribution in [0.15, 0.2) is 115 Å². The standard InChI is InChI=1S/C37H28O5/c1-23(38)25-20-26(24(2)39)22-27(21-25)36(40)42-31-18-14-29(15-19-31)37(28-12-16-30(41-3)17-13-28)34-10-6-4-8-32(34)33-9-5-7-11-35(33)37/h4-22H,1-3H3. The van der Waals surface area contributed by atoms with Crippen LogP contribution in [-0.2, 0) is 5.41 Å². The van der Waals surface area contributed by atoms with Crippen molar-refractivity contribution in [3.8, 4) is 22.6 Å². The van der Waals surface area contributed by atoms with Crippen LogP contribution in [0.5, 0.6) is 11.5 Å². The Kier molecular flexibility index (Phi) is 6.79. The van der Waals surface area contributed by atoms with Crippen molar-refractivity contribution >= 4 is 17.5 Å². The third-order valence-corrected chi connectivity index (χ3v) is 7.95. The Morgan fingerprint density at radius 3 is 1.43 bits per heavy atom. The van der Waals surface area contributed by atoms with E-state index in [4.69, 9.17) is 9.47 Å². The number of ketones is 2. The molecule has 1 aliphatic rings. The average molecular weight is 553 g/mol. The van der Waals surface area contributed by atoms with Crippen LogP contribution in [0.25, 0.3) is 11.1 Å². The van der Waals surface area contributed by atoms with Crippen LogP contribution in [0, 0.1) is 0 Å². The second-order valence-electron chi connectivity index (χ2n) is 10.4. The van der Waals surface area contributed by atoms with Gasteiger partial charge in [-0.15, -0.1) is 0 Å². The number of carbonyl (C=O) groups excluding carboxylic acids is 3. The largest absolute Gasteiger partial charge is 0.497 e. The number of Topliss-reactive ketones (excluding diaryl/α,β-unsaturated/α-hetero) is 2. The predicted molar refractivity (Wildman–Crippen MR) is 162 cm³/mol. The van der Waals surface area contributed by atoms with Crippen LogP contribution in [0.4, 0.5) is 0 Å². The summed E-state index contributed by atoms with van der Waals surface area (Å²) in [5.74, 6) is 0.00740. The molecule has 0 unspecified atom stereocenters. The van der Waals surface area contributed by atoms with Gasteiger partial charge in [0.25, 0.3) is 0 Å². The molecule has 0 spiro atoms. The Balaban J connectivity index is 1.43. The highest BCUT2D eigenvalue weighted by molar-refractivity contribution is 6.03. The summed E-state index contributed by atoms with van der Waals surface area (Å²) in [7, 11) is 1.66.